The van der Waals surface area contributed by atoms with Crippen LogP contribution in [0.3, 0.4) is 0 Å². The van der Waals surface area contributed by atoms with Crippen molar-refractivity contribution >= 4 is 76.2 Å². The molecule has 0 aliphatic heterocycles. The van der Waals surface area contributed by atoms with E-state index in [-0.39, 0.29) is 0 Å². The van der Waals surface area contributed by atoms with Crippen molar-refractivity contribution in [1.29, 1.82) is 0 Å². The van der Waals surface area contributed by atoms with Gasteiger partial charge in [0.1, 0.15) is 5.52 Å². The number of nitrogens with two attached hydrogens (primary N) is 1. The van der Waals surface area contributed by atoms with E-state index in [0.717, 1.165) is 14.5 Å². The van der Waals surface area contributed by atoms with Crippen LogP contribution in [0.1, 0.15) is 0 Å². The Morgan fingerprint density at radius 1 is 1.10 bits per heavy atom. The lowest BCUT2D eigenvalue weighted by Crippen LogP contribution is -1.88. The van der Waals surface area contributed by atoms with Crippen molar-refractivity contribution in [1.82, 2.24) is 4.98 Å². The standard InChI is InChI=1S/C13H6Br3ClN2O/c14-6-2-1-5(3-8(6)17)13-19-12-9(20-13)4-7(15)11(18)10(12)16/h1-4H,18H2. The zero-order valence-electron chi connectivity index (χ0n) is 9.75. The van der Waals surface area contributed by atoms with Crippen LogP contribution in [0.25, 0.3) is 22.6 Å². The van der Waals surface area contributed by atoms with E-state index in [0.29, 0.717) is 32.2 Å². The maximum Gasteiger partial charge on any atom is 0.227 e. The van der Waals surface area contributed by atoms with Crippen molar-refractivity contribution in [3.05, 3.63) is 42.7 Å². The lowest BCUT2D eigenvalue weighted by Gasteiger charge is -1.99. The maximum absolute atomic E-state index is 6.09. The highest BCUT2D eigenvalue weighted by Crippen LogP contribution is 2.38. The van der Waals surface area contributed by atoms with Gasteiger partial charge in [0.2, 0.25) is 5.89 Å². The summed E-state index contributed by atoms with van der Waals surface area (Å²) in [6.07, 6.45) is 0. The largest absolute Gasteiger partial charge is 0.436 e. The summed E-state index contributed by atoms with van der Waals surface area (Å²) in [5, 5.41) is 0.601. The monoisotopic (exact) mass is 478 g/mol. The van der Waals surface area contributed by atoms with E-state index < -0.39 is 0 Å². The summed E-state index contributed by atoms with van der Waals surface area (Å²) >= 11 is 16.3. The van der Waals surface area contributed by atoms with Crippen molar-refractivity contribution in [3.8, 4) is 11.5 Å². The Labute approximate surface area is 144 Å². The first-order chi connectivity index (χ1) is 9.47. The Morgan fingerprint density at radius 3 is 2.55 bits per heavy atom. The quantitative estimate of drug-likeness (QED) is 0.433. The first kappa shape index (κ1) is 14.4. The highest BCUT2D eigenvalue weighted by molar-refractivity contribution is 9.11. The molecule has 0 spiro atoms. The van der Waals surface area contributed by atoms with Gasteiger partial charge in [-0.25, -0.2) is 4.98 Å². The summed E-state index contributed by atoms with van der Waals surface area (Å²) in [4.78, 5) is 4.47. The smallest absolute Gasteiger partial charge is 0.227 e. The predicted octanol–water partition coefficient (Wildman–Crippen LogP) is 6.02. The SMILES string of the molecule is Nc1c(Br)cc2oc(-c3ccc(Br)c(Cl)c3)nc2c1Br. The summed E-state index contributed by atoms with van der Waals surface area (Å²) in [6.45, 7) is 0. The minimum atomic E-state index is 0.493. The van der Waals surface area contributed by atoms with Gasteiger partial charge in [0.25, 0.3) is 0 Å². The van der Waals surface area contributed by atoms with Gasteiger partial charge < -0.3 is 10.2 Å². The van der Waals surface area contributed by atoms with E-state index in [1.807, 2.05) is 12.1 Å². The van der Waals surface area contributed by atoms with E-state index in [4.69, 9.17) is 21.8 Å². The maximum atomic E-state index is 6.09. The molecule has 0 atom stereocenters. The molecule has 0 radical (unpaired) electrons. The Kier molecular flexibility index (Phi) is 3.83. The number of oxazole rings is 1. The van der Waals surface area contributed by atoms with Crippen molar-refractivity contribution in [2.24, 2.45) is 0 Å². The number of halogens is 4. The number of nitrogen functional groups attached to an aromatic ring is 1. The molecule has 0 aliphatic rings. The molecule has 0 saturated carbocycles. The number of rotatable bonds is 1. The molecule has 0 amide bonds. The van der Waals surface area contributed by atoms with Crippen LogP contribution in [-0.4, -0.2) is 4.98 Å². The van der Waals surface area contributed by atoms with Crippen LogP contribution in [0, 0.1) is 0 Å². The van der Waals surface area contributed by atoms with E-state index in [9.17, 15) is 0 Å². The highest BCUT2D eigenvalue weighted by atomic mass is 79.9. The number of anilines is 1. The summed E-state index contributed by atoms with van der Waals surface area (Å²) in [7, 11) is 0. The van der Waals surface area contributed by atoms with Gasteiger partial charge in [0.15, 0.2) is 5.58 Å². The molecule has 3 aromatic rings. The third-order valence-electron chi connectivity index (χ3n) is 2.78. The molecular formula is C13H6Br3ClN2O. The lowest BCUT2D eigenvalue weighted by atomic mass is 10.2. The lowest BCUT2D eigenvalue weighted by molar-refractivity contribution is 0.619. The molecule has 3 nitrogen and oxygen atoms in total. The molecule has 0 aliphatic carbocycles. The van der Waals surface area contributed by atoms with Gasteiger partial charge in [-0.1, -0.05) is 11.6 Å². The van der Waals surface area contributed by atoms with Crippen LogP contribution in [0.15, 0.2) is 42.1 Å². The summed E-state index contributed by atoms with van der Waals surface area (Å²) in [6, 6.07) is 7.33. The van der Waals surface area contributed by atoms with Gasteiger partial charge in [0.05, 0.1) is 15.2 Å². The first-order valence-electron chi connectivity index (χ1n) is 5.47. The Hall–Kier alpha value is -0.560. The molecule has 7 heteroatoms. The van der Waals surface area contributed by atoms with Gasteiger partial charge in [-0.05, 0) is 72.1 Å². The van der Waals surface area contributed by atoms with Gasteiger partial charge in [-0.2, -0.15) is 0 Å². The van der Waals surface area contributed by atoms with E-state index >= 15 is 0 Å². The molecule has 2 aromatic carbocycles. The number of fused-ring (bicyclic) bond motifs is 1. The van der Waals surface area contributed by atoms with Gasteiger partial charge in [-0.3, -0.25) is 0 Å². The second kappa shape index (κ2) is 5.33. The Morgan fingerprint density at radius 2 is 1.85 bits per heavy atom. The number of hydrogen-bond donors (Lipinski definition) is 1. The van der Waals surface area contributed by atoms with Crippen LogP contribution in [0.4, 0.5) is 5.69 Å². The van der Waals surface area contributed by atoms with Crippen LogP contribution >= 0.6 is 59.4 Å². The zero-order valence-corrected chi connectivity index (χ0v) is 15.3. The predicted molar refractivity (Wildman–Crippen MR) is 92.0 cm³/mol. The topological polar surface area (TPSA) is 52.0 Å². The fraction of sp³-hybridized carbons (Fsp3) is 0. The summed E-state index contributed by atoms with van der Waals surface area (Å²) in [5.41, 5.74) is 8.65. The number of aromatic nitrogens is 1. The fourth-order valence-corrected chi connectivity index (χ4v) is 3.36. The molecular weight excluding hydrogens is 475 g/mol. The van der Waals surface area contributed by atoms with E-state index in [2.05, 4.69) is 52.8 Å². The molecule has 0 fully saturated rings. The van der Waals surface area contributed by atoms with Crippen molar-refractivity contribution in [3.63, 3.8) is 0 Å². The molecule has 1 aromatic heterocycles. The molecule has 2 N–H and O–H groups in total. The highest BCUT2D eigenvalue weighted by Gasteiger charge is 2.15. The second-order valence-corrected chi connectivity index (χ2v) is 6.99. The third-order valence-corrected chi connectivity index (χ3v) is 5.47. The molecule has 1 heterocycles. The molecule has 0 bridgehead atoms. The average Bonchev–Trinajstić information content (AvgIpc) is 2.83. The van der Waals surface area contributed by atoms with E-state index in [1.54, 1.807) is 12.1 Å². The number of nitrogens with zero attached hydrogens (tertiary/aromatic N) is 1. The number of hydrogen-bond acceptors (Lipinski definition) is 3. The average molecular weight is 481 g/mol. The zero-order chi connectivity index (χ0) is 14.4. The van der Waals surface area contributed by atoms with Crippen LogP contribution in [0.5, 0.6) is 0 Å². The first-order valence-corrected chi connectivity index (χ1v) is 8.22. The van der Waals surface area contributed by atoms with Crippen molar-refractivity contribution in [2.75, 3.05) is 5.73 Å². The van der Waals surface area contributed by atoms with Gasteiger partial charge in [0, 0.05) is 14.5 Å². The minimum Gasteiger partial charge on any atom is -0.436 e. The van der Waals surface area contributed by atoms with Crippen LogP contribution in [0.2, 0.25) is 5.02 Å². The summed E-state index contributed by atoms with van der Waals surface area (Å²) in [5.74, 6) is 0.493. The van der Waals surface area contributed by atoms with Crippen LogP contribution in [-0.2, 0) is 0 Å². The molecule has 0 saturated heterocycles. The fourth-order valence-electron chi connectivity index (χ4n) is 1.76. The number of benzene rings is 2. The minimum absolute atomic E-state index is 0.493. The normalized spacial score (nSPS) is 11.2. The van der Waals surface area contributed by atoms with Crippen LogP contribution < -0.4 is 5.73 Å². The molecule has 0 unspecified atom stereocenters. The van der Waals surface area contributed by atoms with Gasteiger partial charge >= 0.3 is 0 Å². The molecule has 3 rings (SSSR count). The Bertz CT molecular complexity index is 832. The molecule has 102 valence electrons. The third kappa shape index (κ3) is 2.39. The van der Waals surface area contributed by atoms with Crippen molar-refractivity contribution in [2.45, 2.75) is 0 Å². The van der Waals surface area contributed by atoms with Gasteiger partial charge in [-0.15, -0.1) is 0 Å². The molecule has 20 heavy (non-hydrogen) atoms. The van der Waals surface area contributed by atoms with E-state index in [1.165, 1.54) is 0 Å². The van der Waals surface area contributed by atoms with Crippen molar-refractivity contribution < 1.29 is 4.42 Å². The Balaban J connectivity index is 2.23. The second-order valence-electron chi connectivity index (χ2n) is 4.08. The summed E-state index contributed by atoms with van der Waals surface area (Å²) < 4.78 is 8.06.